The number of anilines is 1. The Morgan fingerprint density at radius 1 is 1.50 bits per heavy atom. The first-order valence-electron chi connectivity index (χ1n) is 5.62. The maximum absolute atomic E-state index is 12.2. The summed E-state index contributed by atoms with van der Waals surface area (Å²) in [4.78, 5) is 12.2. The molecule has 1 aromatic heterocycles. The third kappa shape index (κ3) is 2.57. The minimum atomic E-state index is -0.421. The molecule has 104 valence electrons. The monoisotopic (exact) mass is 293 g/mol. The van der Waals surface area contributed by atoms with Crippen LogP contribution in [0, 0.1) is 6.92 Å². The zero-order chi connectivity index (χ0) is 14.7. The molecule has 7 nitrogen and oxygen atoms in total. The third-order valence-corrected chi connectivity index (χ3v) is 3.20. The number of oxime groups is 1. The lowest BCUT2D eigenvalue weighted by molar-refractivity contribution is 0.102. The SMILES string of the molecule is Cc1cccc(C(=O)Nc2[nH]ncc2/C(N)=N/O)c1Cl. The van der Waals surface area contributed by atoms with Gasteiger partial charge in [-0.25, -0.2) is 0 Å². The molecule has 0 saturated heterocycles. The van der Waals surface area contributed by atoms with Crippen LogP contribution in [-0.2, 0) is 0 Å². The van der Waals surface area contributed by atoms with Crippen LogP contribution < -0.4 is 11.1 Å². The summed E-state index contributed by atoms with van der Waals surface area (Å²) < 4.78 is 0. The van der Waals surface area contributed by atoms with Crippen LogP contribution in [0.15, 0.2) is 29.6 Å². The topological polar surface area (TPSA) is 116 Å². The standard InChI is InChI=1S/C12H12ClN5O2/c1-6-3-2-4-7(9(6)13)12(19)16-11-8(5-15-17-11)10(14)18-20/h2-5,20H,1H3,(H2,14,18)(H2,15,16,17,19). The number of nitrogens with zero attached hydrogens (tertiary/aromatic N) is 2. The highest BCUT2D eigenvalue weighted by Crippen LogP contribution is 2.21. The predicted octanol–water partition coefficient (Wildman–Crippen LogP) is 1.72. The number of carbonyl (C=O) groups excluding carboxylic acids is 1. The van der Waals surface area contributed by atoms with Crippen LogP contribution in [0.25, 0.3) is 0 Å². The summed E-state index contributed by atoms with van der Waals surface area (Å²) in [6.07, 6.45) is 1.34. The average molecular weight is 294 g/mol. The van der Waals surface area contributed by atoms with Crippen LogP contribution in [0.4, 0.5) is 5.82 Å². The molecule has 1 aromatic carbocycles. The zero-order valence-electron chi connectivity index (χ0n) is 10.5. The molecule has 1 amide bonds. The molecule has 0 aliphatic carbocycles. The third-order valence-electron chi connectivity index (χ3n) is 2.70. The van der Waals surface area contributed by atoms with Gasteiger partial charge >= 0.3 is 0 Å². The van der Waals surface area contributed by atoms with Crippen LogP contribution in [0.3, 0.4) is 0 Å². The molecule has 0 atom stereocenters. The van der Waals surface area contributed by atoms with Gasteiger partial charge < -0.3 is 16.3 Å². The number of aryl methyl sites for hydroxylation is 1. The lowest BCUT2D eigenvalue weighted by Gasteiger charge is -2.08. The van der Waals surface area contributed by atoms with Gasteiger partial charge in [0.2, 0.25) is 0 Å². The second-order valence-corrected chi connectivity index (χ2v) is 4.41. The van der Waals surface area contributed by atoms with Crippen LogP contribution in [0.5, 0.6) is 0 Å². The summed E-state index contributed by atoms with van der Waals surface area (Å²) in [5.41, 5.74) is 6.87. The Bertz CT molecular complexity index is 680. The van der Waals surface area contributed by atoms with Gasteiger partial charge in [-0.05, 0) is 18.6 Å². The van der Waals surface area contributed by atoms with Crippen LogP contribution in [0.2, 0.25) is 5.02 Å². The van der Waals surface area contributed by atoms with E-state index in [0.29, 0.717) is 10.6 Å². The van der Waals surface area contributed by atoms with Crippen LogP contribution in [-0.4, -0.2) is 27.1 Å². The number of amidine groups is 1. The van der Waals surface area contributed by atoms with Crippen molar-refractivity contribution in [1.82, 2.24) is 10.2 Å². The molecule has 0 saturated carbocycles. The molecular formula is C12H12ClN5O2. The number of amides is 1. The van der Waals surface area contributed by atoms with E-state index in [0.717, 1.165) is 5.56 Å². The van der Waals surface area contributed by atoms with Crippen LogP contribution >= 0.6 is 11.6 Å². The van der Waals surface area contributed by atoms with Gasteiger partial charge in [0.1, 0.15) is 5.82 Å². The molecule has 0 bridgehead atoms. The Morgan fingerprint density at radius 2 is 2.25 bits per heavy atom. The van der Waals surface area contributed by atoms with Crippen molar-refractivity contribution in [1.29, 1.82) is 0 Å². The lowest BCUT2D eigenvalue weighted by atomic mass is 10.1. The maximum Gasteiger partial charge on any atom is 0.258 e. The van der Waals surface area contributed by atoms with E-state index in [9.17, 15) is 4.79 Å². The Morgan fingerprint density at radius 3 is 2.95 bits per heavy atom. The molecule has 2 aromatic rings. The molecule has 0 spiro atoms. The molecule has 1 heterocycles. The number of aromatic nitrogens is 2. The number of benzene rings is 1. The van der Waals surface area contributed by atoms with Gasteiger partial charge in [0, 0.05) is 0 Å². The van der Waals surface area contributed by atoms with Gasteiger partial charge in [-0.2, -0.15) is 5.10 Å². The number of H-pyrrole nitrogens is 1. The van der Waals surface area contributed by atoms with Gasteiger partial charge in [0.05, 0.1) is 22.3 Å². The van der Waals surface area contributed by atoms with Gasteiger partial charge in [-0.15, -0.1) is 0 Å². The second kappa shape index (κ2) is 5.62. The molecule has 8 heteroatoms. The molecule has 0 aliphatic heterocycles. The van der Waals surface area contributed by atoms with Gasteiger partial charge in [-0.1, -0.05) is 28.9 Å². The van der Waals surface area contributed by atoms with E-state index in [1.54, 1.807) is 25.1 Å². The predicted molar refractivity (Wildman–Crippen MR) is 75.2 cm³/mol. The Balaban J connectivity index is 2.29. The van der Waals surface area contributed by atoms with Crippen molar-refractivity contribution in [3.05, 3.63) is 46.1 Å². The highest BCUT2D eigenvalue weighted by molar-refractivity contribution is 6.35. The molecule has 0 unspecified atom stereocenters. The van der Waals surface area contributed by atoms with Gasteiger partial charge in [0.15, 0.2) is 5.84 Å². The summed E-state index contributed by atoms with van der Waals surface area (Å²) in [6.45, 7) is 1.80. The normalized spacial score (nSPS) is 11.4. The van der Waals surface area contributed by atoms with Crippen molar-refractivity contribution in [2.75, 3.05) is 5.32 Å². The minimum absolute atomic E-state index is 0.163. The highest BCUT2D eigenvalue weighted by atomic mass is 35.5. The van der Waals surface area contributed by atoms with E-state index >= 15 is 0 Å². The number of carbonyl (C=O) groups is 1. The fourth-order valence-electron chi connectivity index (χ4n) is 1.63. The number of nitrogens with one attached hydrogen (secondary N) is 2. The van der Waals surface area contributed by atoms with Crippen molar-refractivity contribution < 1.29 is 10.0 Å². The Labute approximate surface area is 119 Å². The first-order valence-corrected chi connectivity index (χ1v) is 6.00. The number of rotatable bonds is 3. The highest BCUT2D eigenvalue weighted by Gasteiger charge is 2.16. The Hall–Kier alpha value is -2.54. The lowest BCUT2D eigenvalue weighted by Crippen LogP contribution is -2.18. The molecule has 0 fully saturated rings. The van der Waals surface area contributed by atoms with Crippen LogP contribution in [0.1, 0.15) is 21.5 Å². The fraction of sp³-hybridized carbons (Fsp3) is 0.0833. The Kier molecular flexibility index (Phi) is 3.90. The fourth-order valence-corrected chi connectivity index (χ4v) is 1.84. The summed E-state index contributed by atoms with van der Waals surface area (Å²) in [5, 5.41) is 20.7. The van der Waals surface area contributed by atoms with Crippen molar-refractivity contribution in [2.24, 2.45) is 10.9 Å². The number of hydrogen-bond acceptors (Lipinski definition) is 4. The van der Waals surface area contributed by atoms with E-state index in [1.165, 1.54) is 6.20 Å². The quantitative estimate of drug-likeness (QED) is 0.298. The minimum Gasteiger partial charge on any atom is -0.409 e. The van der Waals surface area contributed by atoms with Gasteiger partial charge in [-0.3, -0.25) is 9.89 Å². The summed E-state index contributed by atoms with van der Waals surface area (Å²) in [6, 6.07) is 5.13. The smallest absolute Gasteiger partial charge is 0.258 e. The first-order chi connectivity index (χ1) is 9.54. The molecule has 2 rings (SSSR count). The number of nitrogens with two attached hydrogens (primary N) is 1. The number of aromatic amines is 1. The molecule has 0 aliphatic rings. The summed E-state index contributed by atoms with van der Waals surface area (Å²) >= 11 is 6.08. The van der Waals surface area contributed by atoms with E-state index in [-0.39, 0.29) is 17.2 Å². The first kappa shape index (κ1) is 13.9. The molecule has 20 heavy (non-hydrogen) atoms. The van der Waals surface area contributed by atoms with Gasteiger partial charge in [0.25, 0.3) is 5.91 Å². The van der Waals surface area contributed by atoms with E-state index < -0.39 is 5.91 Å². The number of hydrogen-bond donors (Lipinski definition) is 4. The molecular weight excluding hydrogens is 282 g/mol. The summed E-state index contributed by atoms with van der Waals surface area (Å²) in [7, 11) is 0. The average Bonchev–Trinajstić information content (AvgIpc) is 2.89. The van der Waals surface area contributed by atoms with E-state index in [1.807, 2.05) is 0 Å². The van der Waals surface area contributed by atoms with Crippen molar-refractivity contribution in [3.8, 4) is 0 Å². The van der Waals surface area contributed by atoms with E-state index in [2.05, 4.69) is 20.7 Å². The molecule has 5 N–H and O–H groups in total. The van der Waals surface area contributed by atoms with Crippen molar-refractivity contribution in [3.63, 3.8) is 0 Å². The van der Waals surface area contributed by atoms with Crippen molar-refractivity contribution >= 4 is 29.2 Å². The van der Waals surface area contributed by atoms with Crippen molar-refractivity contribution in [2.45, 2.75) is 6.92 Å². The number of halogens is 1. The maximum atomic E-state index is 12.2. The largest absolute Gasteiger partial charge is 0.409 e. The zero-order valence-corrected chi connectivity index (χ0v) is 11.3. The summed E-state index contributed by atoms with van der Waals surface area (Å²) in [5.74, 6) is -0.359. The second-order valence-electron chi connectivity index (χ2n) is 4.03. The van der Waals surface area contributed by atoms with E-state index in [4.69, 9.17) is 22.5 Å². The molecule has 0 radical (unpaired) electrons.